The fourth-order valence-corrected chi connectivity index (χ4v) is 1.67. The standard InChI is InChI=1S/C12H16N6O/c1-14-12(19)9-2-3-11(10(13)8-9)15-4-6-18-7-5-16-17-18/h2-3,5,7-8,15H,4,6,13H2,1H3,(H,14,19). The van der Waals surface area contributed by atoms with Crippen LogP contribution in [0.15, 0.2) is 30.6 Å². The molecule has 0 saturated carbocycles. The Morgan fingerprint density at radius 1 is 1.47 bits per heavy atom. The highest BCUT2D eigenvalue weighted by Crippen LogP contribution is 2.19. The molecule has 2 aromatic rings. The number of carbonyl (C=O) groups excluding carboxylic acids is 1. The zero-order chi connectivity index (χ0) is 13.7. The first-order chi connectivity index (χ1) is 9.20. The van der Waals surface area contributed by atoms with Crippen molar-refractivity contribution in [3.63, 3.8) is 0 Å². The molecule has 4 N–H and O–H groups in total. The Hall–Kier alpha value is -2.57. The minimum absolute atomic E-state index is 0.152. The molecule has 1 aromatic heterocycles. The van der Waals surface area contributed by atoms with Gasteiger partial charge in [-0.05, 0) is 18.2 Å². The minimum atomic E-state index is -0.152. The smallest absolute Gasteiger partial charge is 0.251 e. The van der Waals surface area contributed by atoms with Crippen LogP contribution < -0.4 is 16.4 Å². The fourth-order valence-electron chi connectivity index (χ4n) is 1.67. The second-order valence-corrected chi connectivity index (χ2v) is 3.97. The molecule has 100 valence electrons. The van der Waals surface area contributed by atoms with Gasteiger partial charge in [0.2, 0.25) is 0 Å². The normalized spacial score (nSPS) is 10.2. The van der Waals surface area contributed by atoms with E-state index in [4.69, 9.17) is 5.73 Å². The third-order valence-corrected chi connectivity index (χ3v) is 2.67. The number of anilines is 2. The maximum atomic E-state index is 11.4. The molecular formula is C12H16N6O. The van der Waals surface area contributed by atoms with Gasteiger partial charge in [-0.1, -0.05) is 5.21 Å². The number of carbonyl (C=O) groups is 1. The number of nitrogens with one attached hydrogen (secondary N) is 2. The molecule has 7 heteroatoms. The van der Waals surface area contributed by atoms with Gasteiger partial charge in [-0.2, -0.15) is 0 Å². The predicted octanol–water partition coefficient (Wildman–Crippen LogP) is 0.332. The number of nitrogens with zero attached hydrogens (tertiary/aromatic N) is 3. The lowest BCUT2D eigenvalue weighted by Crippen LogP contribution is -2.18. The lowest BCUT2D eigenvalue weighted by Gasteiger charge is -2.10. The van der Waals surface area contributed by atoms with Crippen molar-refractivity contribution in [1.29, 1.82) is 0 Å². The second kappa shape index (κ2) is 5.85. The van der Waals surface area contributed by atoms with Gasteiger partial charge in [-0.25, -0.2) is 0 Å². The van der Waals surface area contributed by atoms with Crippen molar-refractivity contribution in [2.45, 2.75) is 6.54 Å². The van der Waals surface area contributed by atoms with E-state index >= 15 is 0 Å². The van der Waals surface area contributed by atoms with Gasteiger partial charge in [-0.15, -0.1) is 5.10 Å². The van der Waals surface area contributed by atoms with Gasteiger partial charge in [-0.3, -0.25) is 9.48 Å². The van der Waals surface area contributed by atoms with Crippen LogP contribution in [0.4, 0.5) is 11.4 Å². The van der Waals surface area contributed by atoms with E-state index in [1.54, 1.807) is 42.3 Å². The summed E-state index contributed by atoms with van der Waals surface area (Å²) < 4.78 is 1.72. The molecule has 0 spiro atoms. The fraction of sp³-hybridized carbons (Fsp3) is 0.250. The van der Waals surface area contributed by atoms with Crippen molar-refractivity contribution in [3.05, 3.63) is 36.2 Å². The quantitative estimate of drug-likeness (QED) is 0.673. The largest absolute Gasteiger partial charge is 0.397 e. The zero-order valence-electron chi connectivity index (χ0n) is 10.6. The van der Waals surface area contributed by atoms with Crippen molar-refractivity contribution in [2.75, 3.05) is 24.6 Å². The summed E-state index contributed by atoms with van der Waals surface area (Å²) in [6.07, 6.45) is 3.42. The third-order valence-electron chi connectivity index (χ3n) is 2.67. The molecule has 0 bridgehead atoms. The summed E-state index contributed by atoms with van der Waals surface area (Å²) in [5.41, 5.74) is 7.78. The van der Waals surface area contributed by atoms with Crippen LogP contribution in [0.1, 0.15) is 10.4 Å². The Bertz CT molecular complexity index is 551. The molecule has 0 unspecified atom stereocenters. The van der Waals surface area contributed by atoms with Crippen LogP contribution in [0, 0.1) is 0 Å². The van der Waals surface area contributed by atoms with Crippen molar-refractivity contribution in [2.24, 2.45) is 0 Å². The summed E-state index contributed by atoms with van der Waals surface area (Å²) in [4.78, 5) is 11.4. The Morgan fingerprint density at radius 2 is 2.32 bits per heavy atom. The lowest BCUT2D eigenvalue weighted by atomic mass is 10.1. The number of nitrogen functional groups attached to an aromatic ring is 1. The first-order valence-electron chi connectivity index (χ1n) is 5.90. The molecule has 1 aromatic carbocycles. The number of nitrogens with two attached hydrogens (primary N) is 1. The average Bonchev–Trinajstić information content (AvgIpc) is 2.93. The molecule has 0 aliphatic rings. The van der Waals surface area contributed by atoms with E-state index in [1.165, 1.54) is 0 Å². The molecule has 0 saturated heterocycles. The van der Waals surface area contributed by atoms with Gasteiger partial charge < -0.3 is 16.4 Å². The van der Waals surface area contributed by atoms with E-state index in [9.17, 15) is 4.79 Å². The molecule has 0 aliphatic carbocycles. The highest BCUT2D eigenvalue weighted by atomic mass is 16.1. The predicted molar refractivity (Wildman–Crippen MR) is 72.8 cm³/mol. The number of hydrogen-bond acceptors (Lipinski definition) is 5. The first kappa shape index (κ1) is 12.9. The number of rotatable bonds is 5. The van der Waals surface area contributed by atoms with E-state index in [0.717, 1.165) is 5.69 Å². The Balaban J connectivity index is 1.95. The Labute approximate surface area is 110 Å². The van der Waals surface area contributed by atoms with Gasteiger partial charge in [0.05, 0.1) is 24.1 Å². The van der Waals surface area contributed by atoms with E-state index < -0.39 is 0 Å². The second-order valence-electron chi connectivity index (χ2n) is 3.97. The van der Waals surface area contributed by atoms with Crippen LogP contribution in [-0.4, -0.2) is 34.5 Å². The van der Waals surface area contributed by atoms with Gasteiger partial charge in [0.15, 0.2) is 0 Å². The Morgan fingerprint density at radius 3 is 2.95 bits per heavy atom. The van der Waals surface area contributed by atoms with E-state index in [1.807, 2.05) is 0 Å². The molecular weight excluding hydrogens is 244 g/mol. The zero-order valence-corrected chi connectivity index (χ0v) is 10.6. The number of benzene rings is 1. The van der Waals surface area contributed by atoms with Gasteiger partial charge in [0, 0.05) is 25.4 Å². The Kier molecular flexibility index (Phi) is 3.97. The highest BCUT2D eigenvalue weighted by molar-refractivity contribution is 5.95. The van der Waals surface area contributed by atoms with E-state index in [0.29, 0.717) is 24.3 Å². The molecule has 1 heterocycles. The van der Waals surface area contributed by atoms with E-state index in [-0.39, 0.29) is 5.91 Å². The summed E-state index contributed by atoms with van der Waals surface area (Å²) >= 11 is 0. The maximum Gasteiger partial charge on any atom is 0.251 e. The molecule has 1 amide bonds. The molecule has 19 heavy (non-hydrogen) atoms. The molecule has 0 fully saturated rings. The molecule has 0 atom stereocenters. The first-order valence-corrected chi connectivity index (χ1v) is 5.90. The number of amides is 1. The van der Waals surface area contributed by atoms with Crippen molar-refractivity contribution in [3.8, 4) is 0 Å². The van der Waals surface area contributed by atoms with Crippen molar-refractivity contribution >= 4 is 17.3 Å². The van der Waals surface area contributed by atoms with Gasteiger partial charge in [0.25, 0.3) is 5.91 Å². The molecule has 2 rings (SSSR count). The minimum Gasteiger partial charge on any atom is -0.397 e. The third kappa shape index (κ3) is 3.21. The average molecular weight is 260 g/mol. The van der Waals surface area contributed by atoms with Crippen LogP contribution in [0.25, 0.3) is 0 Å². The van der Waals surface area contributed by atoms with Crippen molar-refractivity contribution in [1.82, 2.24) is 20.3 Å². The summed E-state index contributed by atoms with van der Waals surface area (Å²) in [6, 6.07) is 5.17. The summed E-state index contributed by atoms with van der Waals surface area (Å²) in [5.74, 6) is -0.152. The monoisotopic (exact) mass is 260 g/mol. The lowest BCUT2D eigenvalue weighted by molar-refractivity contribution is 0.0963. The summed E-state index contributed by atoms with van der Waals surface area (Å²) in [5, 5.41) is 13.3. The van der Waals surface area contributed by atoms with E-state index in [2.05, 4.69) is 20.9 Å². The van der Waals surface area contributed by atoms with Crippen LogP contribution in [0.5, 0.6) is 0 Å². The van der Waals surface area contributed by atoms with Crippen molar-refractivity contribution < 1.29 is 4.79 Å². The maximum absolute atomic E-state index is 11.4. The number of aromatic nitrogens is 3. The SMILES string of the molecule is CNC(=O)c1ccc(NCCn2ccnn2)c(N)c1. The molecule has 0 aliphatic heterocycles. The van der Waals surface area contributed by atoms with Crippen LogP contribution in [-0.2, 0) is 6.54 Å². The topological polar surface area (TPSA) is 97.9 Å². The summed E-state index contributed by atoms with van der Waals surface area (Å²) in [7, 11) is 1.59. The van der Waals surface area contributed by atoms with Crippen LogP contribution in [0.2, 0.25) is 0 Å². The van der Waals surface area contributed by atoms with Crippen LogP contribution >= 0.6 is 0 Å². The molecule has 7 nitrogen and oxygen atoms in total. The van der Waals surface area contributed by atoms with Gasteiger partial charge in [0.1, 0.15) is 0 Å². The van der Waals surface area contributed by atoms with Crippen LogP contribution in [0.3, 0.4) is 0 Å². The molecule has 0 radical (unpaired) electrons. The number of hydrogen-bond donors (Lipinski definition) is 3. The highest BCUT2D eigenvalue weighted by Gasteiger charge is 2.06. The van der Waals surface area contributed by atoms with Gasteiger partial charge >= 0.3 is 0 Å². The summed E-state index contributed by atoms with van der Waals surface area (Å²) in [6.45, 7) is 1.36.